The van der Waals surface area contributed by atoms with E-state index in [-0.39, 0.29) is 4.88 Å². The van der Waals surface area contributed by atoms with Gasteiger partial charge < -0.3 is 19.3 Å². The highest BCUT2D eigenvalue weighted by Crippen LogP contribution is 2.34. The third kappa shape index (κ3) is 4.35. The van der Waals surface area contributed by atoms with E-state index in [1.54, 1.807) is 12.1 Å². The first-order chi connectivity index (χ1) is 14.7. The molecule has 14 heteroatoms. The summed E-state index contributed by atoms with van der Waals surface area (Å²) in [5, 5.41) is 16.9. The topological polar surface area (TPSA) is 169 Å². The Kier molecular flexibility index (Phi) is 6.24. The van der Waals surface area contributed by atoms with Crippen LogP contribution in [0.2, 0.25) is 0 Å². The van der Waals surface area contributed by atoms with Crippen LogP contribution in [0.4, 0.5) is 9.59 Å². The molecular formula is C17H15N3O9S2. The second kappa shape index (κ2) is 8.71. The number of thiophene rings is 2. The molecular weight excluding hydrogens is 454 g/mol. The van der Waals surface area contributed by atoms with Gasteiger partial charge in [0.1, 0.15) is 0 Å². The summed E-state index contributed by atoms with van der Waals surface area (Å²) < 4.78 is 14.6. The molecule has 0 saturated carbocycles. The fraction of sp³-hybridized carbons (Fsp3) is 0.235. The number of hydrogen-bond acceptors (Lipinski definition) is 11. The SMILES string of the molecule is COc1ccc(C2(O)C(=O)NC(=O)NC2=O)s1.COc1ccc(C2OC(=O)NC2=O)s1. The quantitative estimate of drug-likeness (QED) is 0.462. The summed E-state index contributed by atoms with van der Waals surface area (Å²) in [5.41, 5.74) is -2.39. The molecule has 2 aromatic heterocycles. The number of imide groups is 3. The minimum absolute atomic E-state index is 0.0804. The van der Waals surface area contributed by atoms with E-state index in [1.165, 1.54) is 37.7 Å². The largest absolute Gasteiger partial charge is 0.487 e. The van der Waals surface area contributed by atoms with Crippen molar-refractivity contribution in [1.82, 2.24) is 16.0 Å². The van der Waals surface area contributed by atoms with Crippen molar-refractivity contribution in [3.63, 3.8) is 0 Å². The van der Waals surface area contributed by atoms with E-state index in [9.17, 15) is 29.1 Å². The van der Waals surface area contributed by atoms with Gasteiger partial charge in [-0.2, -0.15) is 0 Å². The number of aliphatic hydroxyl groups is 1. The van der Waals surface area contributed by atoms with Gasteiger partial charge in [-0.1, -0.05) is 11.3 Å². The first-order valence-corrected chi connectivity index (χ1v) is 10.0. The molecule has 2 fully saturated rings. The molecule has 1 atom stereocenters. The van der Waals surface area contributed by atoms with Crippen molar-refractivity contribution < 1.29 is 43.3 Å². The van der Waals surface area contributed by atoms with E-state index in [0.717, 1.165) is 11.3 Å². The summed E-state index contributed by atoms with van der Waals surface area (Å²) in [5.74, 6) is -2.58. The van der Waals surface area contributed by atoms with Gasteiger partial charge in [0, 0.05) is 0 Å². The maximum Gasteiger partial charge on any atom is 0.415 e. The molecule has 1 unspecified atom stereocenters. The summed E-state index contributed by atoms with van der Waals surface area (Å²) in [6, 6.07) is 5.37. The van der Waals surface area contributed by atoms with Gasteiger partial charge in [-0.15, -0.1) is 11.3 Å². The van der Waals surface area contributed by atoms with Gasteiger partial charge >= 0.3 is 12.1 Å². The van der Waals surface area contributed by atoms with Crippen molar-refractivity contribution in [3.05, 3.63) is 34.0 Å². The molecule has 0 bridgehead atoms. The molecule has 0 aliphatic carbocycles. The van der Waals surface area contributed by atoms with E-state index in [2.05, 4.69) is 5.32 Å². The van der Waals surface area contributed by atoms with E-state index >= 15 is 0 Å². The molecule has 2 aromatic rings. The zero-order valence-electron chi connectivity index (χ0n) is 15.9. The number of nitrogens with one attached hydrogen (secondary N) is 3. The lowest BCUT2D eigenvalue weighted by molar-refractivity contribution is -0.155. The number of barbiturate groups is 1. The molecule has 31 heavy (non-hydrogen) atoms. The third-order valence-corrected chi connectivity index (χ3v) is 6.25. The molecule has 2 saturated heterocycles. The lowest BCUT2D eigenvalue weighted by Crippen LogP contribution is -2.64. The van der Waals surface area contributed by atoms with Gasteiger partial charge in [0.15, 0.2) is 10.1 Å². The second-order valence-corrected chi connectivity index (χ2v) is 8.03. The molecule has 0 radical (unpaired) electrons. The molecule has 2 aliphatic rings. The maximum absolute atomic E-state index is 11.6. The summed E-state index contributed by atoms with van der Waals surface area (Å²) in [6.07, 6.45) is -1.52. The number of rotatable bonds is 4. The van der Waals surface area contributed by atoms with Gasteiger partial charge in [-0.05, 0) is 24.3 Å². The van der Waals surface area contributed by atoms with Crippen molar-refractivity contribution in [1.29, 1.82) is 0 Å². The lowest BCUT2D eigenvalue weighted by Gasteiger charge is -2.27. The molecule has 0 spiro atoms. The number of alkyl carbamates (subject to hydrolysis) is 1. The Morgan fingerprint density at radius 1 is 0.903 bits per heavy atom. The van der Waals surface area contributed by atoms with Crippen LogP contribution in [-0.2, 0) is 24.7 Å². The van der Waals surface area contributed by atoms with Gasteiger partial charge in [0.25, 0.3) is 23.3 Å². The third-order valence-electron chi connectivity index (χ3n) is 4.00. The lowest BCUT2D eigenvalue weighted by atomic mass is 9.98. The number of urea groups is 1. The average Bonchev–Trinajstić information content (AvgIpc) is 3.45. The van der Waals surface area contributed by atoms with Crippen LogP contribution in [0.5, 0.6) is 10.1 Å². The minimum Gasteiger partial charge on any atom is -0.487 e. The van der Waals surface area contributed by atoms with E-state index in [4.69, 9.17) is 14.2 Å². The van der Waals surface area contributed by atoms with Gasteiger partial charge in [-0.25, -0.2) is 9.59 Å². The second-order valence-electron chi connectivity index (χ2n) is 5.91. The number of hydrogen-bond donors (Lipinski definition) is 4. The molecule has 0 aromatic carbocycles. The van der Waals surface area contributed by atoms with Gasteiger partial charge in [0.05, 0.1) is 24.0 Å². The van der Waals surface area contributed by atoms with Crippen LogP contribution in [0.25, 0.3) is 0 Å². The number of methoxy groups -OCH3 is 2. The van der Waals surface area contributed by atoms with Crippen molar-refractivity contribution >= 4 is 52.5 Å². The molecule has 164 valence electrons. The van der Waals surface area contributed by atoms with Gasteiger partial charge in [-0.3, -0.25) is 30.3 Å². The van der Waals surface area contributed by atoms with Crippen LogP contribution < -0.4 is 25.4 Å². The molecule has 4 rings (SSSR count). The van der Waals surface area contributed by atoms with Crippen molar-refractivity contribution in [2.45, 2.75) is 11.7 Å². The standard InChI is InChI=1S/C9H8N2O5S.C8H7NO4S/c1-16-5-3-2-4(17-5)9(15)6(12)10-8(14)11-7(9)13;1-12-5-3-2-4(14-5)6-7(10)9-8(11)13-6/h2-3,15H,1H3,(H2,10,11,12,13,14);2-3,6H,1H3,(H,9,10,11). The molecule has 12 nitrogen and oxygen atoms in total. The Morgan fingerprint density at radius 3 is 1.97 bits per heavy atom. The normalized spacial score (nSPS) is 19.5. The van der Waals surface area contributed by atoms with E-state index < -0.39 is 41.6 Å². The first-order valence-electron chi connectivity index (χ1n) is 8.37. The fourth-order valence-corrected chi connectivity index (χ4v) is 4.25. The molecule has 4 N–H and O–H groups in total. The van der Waals surface area contributed by atoms with Crippen LogP contribution in [-0.4, -0.2) is 49.2 Å². The fourth-order valence-electron chi connectivity index (χ4n) is 2.50. The van der Waals surface area contributed by atoms with Crippen LogP contribution in [0.3, 0.4) is 0 Å². The zero-order valence-corrected chi connectivity index (χ0v) is 17.5. The number of carbonyl (C=O) groups excluding carboxylic acids is 5. The van der Waals surface area contributed by atoms with E-state index in [1.807, 2.05) is 10.6 Å². The predicted molar refractivity (Wildman–Crippen MR) is 105 cm³/mol. The maximum atomic E-state index is 11.6. The Labute approximate surface area is 182 Å². The Hall–Kier alpha value is -3.49. The highest BCUT2D eigenvalue weighted by atomic mass is 32.1. The van der Waals surface area contributed by atoms with Crippen LogP contribution >= 0.6 is 22.7 Å². The molecule has 2 aliphatic heterocycles. The highest BCUT2D eigenvalue weighted by Gasteiger charge is 2.51. The summed E-state index contributed by atoms with van der Waals surface area (Å²) in [6.45, 7) is 0. The number of cyclic esters (lactones) is 1. The van der Waals surface area contributed by atoms with Crippen molar-refractivity contribution in [3.8, 4) is 10.1 Å². The van der Waals surface area contributed by atoms with Gasteiger partial charge in [0.2, 0.25) is 6.10 Å². The number of carbonyl (C=O) groups is 5. The Bertz CT molecular complexity index is 1040. The molecule has 4 heterocycles. The number of ether oxygens (including phenoxy) is 3. The first kappa shape index (κ1) is 22.2. The summed E-state index contributed by atoms with van der Waals surface area (Å²) in [4.78, 5) is 56.6. The molecule has 6 amide bonds. The Morgan fingerprint density at radius 2 is 1.48 bits per heavy atom. The van der Waals surface area contributed by atoms with Crippen LogP contribution in [0.1, 0.15) is 15.9 Å². The van der Waals surface area contributed by atoms with E-state index in [0.29, 0.717) is 15.0 Å². The monoisotopic (exact) mass is 469 g/mol. The summed E-state index contributed by atoms with van der Waals surface area (Å²) in [7, 11) is 2.96. The summed E-state index contributed by atoms with van der Waals surface area (Å²) >= 11 is 2.22. The zero-order chi connectivity index (χ0) is 22.8. The highest BCUT2D eigenvalue weighted by molar-refractivity contribution is 7.14. The minimum atomic E-state index is -2.39. The smallest absolute Gasteiger partial charge is 0.415 e. The Balaban J connectivity index is 0.000000179. The van der Waals surface area contributed by atoms with Crippen LogP contribution in [0, 0.1) is 0 Å². The predicted octanol–water partition coefficient (Wildman–Crippen LogP) is 0.374. The van der Waals surface area contributed by atoms with Crippen molar-refractivity contribution in [2.24, 2.45) is 0 Å². The average molecular weight is 469 g/mol. The number of amides is 6. The van der Waals surface area contributed by atoms with Crippen LogP contribution in [0.15, 0.2) is 24.3 Å². The van der Waals surface area contributed by atoms with Crippen molar-refractivity contribution in [2.75, 3.05) is 14.2 Å².